The summed E-state index contributed by atoms with van der Waals surface area (Å²) in [6, 6.07) is 0.0689. The second kappa shape index (κ2) is 7.32. The number of ether oxygens (including phenoxy) is 1. The summed E-state index contributed by atoms with van der Waals surface area (Å²) in [4.78, 5) is 35.5. The van der Waals surface area contributed by atoms with Crippen molar-refractivity contribution < 1.29 is 19.1 Å². The van der Waals surface area contributed by atoms with Gasteiger partial charge in [-0.15, -0.1) is 0 Å². The van der Waals surface area contributed by atoms with Gasteiger partial charge in [-0.3, -0.25) is 14.4 Å². The number of nitrogens with one attached hydrogen (secondary N) is 2. The lowest BCUT2D eigenvalue weighted by Crippen LogP contribution is -2.56. The molecule has 6 heteroatoms. The van der Waals surface area contributed by atoms with Crippen molar-refractivity contribution >= 4 is 17.8 Å². The van der Waals surface area contributed by atoms with Gasteiger partial charge in [0.05, 0.1) is 19.1 Å². The van der Waals surface area contributed by atoms with Crippen LogP contribution in [0.3, 0.4) is 0 Å². The molecule has 0 spiro atoms. The lowest BCUT2D eigenvalue weighted by atomic mass is 9.85. The van der Waals surface area contributed by atoms with E-state index in [9.17, 15) is 14.4 Å². The van der Waals surface area contributed by atoms with Crippen LogP contribution in [0.25, 0.3) is 0 Å². The van der Waals surface area contributed by atoms with Crippen molar-refractivity contribution in [2.75, 3.05) is 6.61 Å². The van der Waals surface area contributed by atoms with E-state index in [1.54, 1.807) is 6.92 Å². The highest BCUT2D eigenvalue weighted by molar-refractivity contribution is 5.80. The molecular formula is C17H28N2O4. The van der Waals surface area contributed by atoms with Gasteiger partial charge in [0.1, 0.15) is 0 Å². The van der Waals surface area contributed by atoms with Crippen molar-refractivity contribution in [2.45, 2.75) is 71.4 Å². The van der Waals surface area contributed by atoms with Crippen LogP contribution in [-0.2, 0) is 19.1 Å². The molecule has 0 aromatic rings. The Morgan fingerprint density at radius 2 is 1.96 bits per heavy atom. The van der Waals surface area contributed by atoms with Gasteiger partial charge in [0.25, 0.3) is 0 Å². The molecule has 1 saturated heterocycles. The van der Waals surface area contributed by atoms with Crippen molar-refractivity contribution in [1.82, 2.24) is 10.6 Å². The van der Waals surface area contributed by atoms with Gasteiger partial charge in [-0.2, -0.15) is 0 Å². The van der Waals surface area contributed by atoms with E-state index in [0.29, 0.717) is 25.4 Å². The summed E-state index contributed by atoms with van der Waals surface area (Å²) in [6.45, 7) is 5.91. The molecule has 0 bridgehead atoms. The van der Waals surface area contributed by atoms with Gasteiger partial charge in [-0.1, -0.05) is 13.8 Å². The highest BCUT2D eigenvalue weighted by Crippen LogP contribution is 2.36. The first-order chi connectivity index (χ1) is 10.8. The summed E-state index contributed by atoms with van der Waals surface area (Å²) in [5, 5.41) is 6.08. The fraction of sp³-hybridized carbons (Fsp3) is 0.824. The maximum Gasteiger partial charge on any atom is 0.306 e. The zero-order valence-corrected chi connectivity index (χ0v) is 14.3. The van der Waals surface area contributed by atoms with Crippen molar-refractivity contribution in [1.29, 1.82) is 0 Å². The molecule has 1 heterocycles. The average Bonchev–Trinajstić information content (AvgIpc) is 3.23. The Kier molecular flexibility index (Phi) is 5.65. The number of carbonyl (C=O) groups excluding carboxylic acids is 3. The fourth-order valence-corrected chi connectivity index (χ4v) is 3.25. The Bertz CT molecular complexity index is 471. The fourth-order valence-electron chi connectivity index (χ4n) is 3.25. The second-order valence-electron chi connectivity index (χ2n) is 7.47. The van der Waals surface area contributed by atoms with Gasteiger partial charge in [-0.05, 0) is 37.5 Å². The van der Waals surface area contributed by atoms with Crippen LogP contribution in [-0.4, -0.2) is 36.5 Å². The highest BCUT2D eigenvalue weighted by Gasteiger charge is 2.41. The molecule has 0 radical (unpaired) electrons. The lowest BCUT2D eigenvalue weighted by Gasteiger charge is -2.34. The Balaban J connectivity index is 1.85. The third-order valence-corrected chi connectivity index (χ3v) is 4.49. The number of hydrogen-bond donors (Lipinski definition) is 2. The SMILES string of the molecule is CCOC(=O)CC(C)(C)CC(=O)NC1CCC(=O)NC1C1CC1. The summed E-state index contributed by atoms with van der Waals surface area (Å²) in [5.74, 6) is 0.240. The molecule has 2 aliphatic rings. The first-order valence-corrected chi connectivity index (χ1v) is 8.55. The molecular weight excluding hydrogens is 296 g/mol. The van der Waals surface area contributed by atoms with Crippen molar-refractivity contribution in [3.05, 3.63) is 0 Å². The Morgan fingerprint density at radius 1 is 1.26 bits per heavy atom. The van der Waals surface area contributed by atoms with E-state index in [1.165, 1.54) is 0 Å². The summed E-state index contributed by atoms with van der Waals surface area (Å²) in [5.41, 5.74) is -0.441. The number of amides is 2. The maximum atomic E-state index is 12.4. The van der Waals surface area contributed by atoms with Crippen LogP contribution in [0.1, 0.15) is 59.3 Å². The van der Waals surface area contributed by atoms with Crippen LogP contribution in [0.15, 0.2) is 0 Å². The zero-order chi connectivity index (χ0) is 17.0. The third kappa shape index (κ3) is 5.52. The third-order valence-electron chi connectivity index (χ3n) is 4.49. The molecule has 2 fully saturated rings. The van der Waals surface area contributed by atoms with Crippen LogP contribution >= 0.6 is 0 Å². The molecule has 1 aliphatic carbocycles. The minimum atomic E-state index is -0.441. The Morgan fingerprint density at radius 3 is 2.57 bits per heavy atom. The summed E-state index contributed by atoms with van der Waals surface area (Å²) < 4.78 is 4.96. The van der Waals surface area contributed by atoms with Crippen molar-refractivity contribution in [3.8, 4) is 0 Å². The van der Waals surface area contributed by atoms with E-state index in [2.05, 4.69) is 10.6 Å². The number of rotatable bonds is 7. The molecule has 2 amide bonds. The predicted octanol–water partition coefficient (Wildman–Crippen LogP) is 1.53. The molecule has 6 nitrogen and oxygen atoms in total. The highest BCUT2D eigenvalue weighted by atomic mass is 16.5. The van der Waals surface area contributed by atoms with Crippen molar-refractivity contribution in [2.24, 2.45) is 11.3 Å². The normalized spacial score (nSPS) is 24.7. The van der Waals surface area contributed by atoms with Gasteiger partial charge in [0.15, 0.2) is 0 Å². The molecule has 2 unspecified atom stereocenters. The van der Waals surface area contributed by atoms with Gasteiger partial charge >= 0.3 is 5.97 Å². The minimum Gasteiger partial charge on any atom is -0.466 e. The first-order valence-electron chi connectivity index (χ1n) is 8.55. The van der Waals surface area contributed by atoms with Crippen LogP contribution in [0.5, 0.6) is 0 Å². The topological polar surface area (TPSA) is 84.5 Å². The van der Waals surface area contributed by atoms with E-state index in [0.717, 1.165) is 12.8 Å². The number of carbonyl (C=O) groups is 3. The van der Waals surface area contributed by atoms with Crippen LogP contribution in [0.4, 0.5) is 0 Å². The molecule has 0 aromatic heterocycles. The zero-order valence-electron chi connectivity index (χ0n) is 14.3. The van der Waals surface area contributed by atoms with Crippen LogP contribution in [0, 0.1) is 11.3 Å². The predicted molar refractivity (Wildman–Crippen MR) is 85.5 cm³/mol. The first kappa shape index (κ1) is 17.8. The quantitative estimate of drug-likeness (QED) is 0.696. The molecule has 130 valence electrons. The maximum absolute atomic E-state index is 12.4. The van der Waals surface area contributed by atoms with E-state index < -0.39 is 5.41 Å². The van der Waals surface area contributed by atoms with E-state index in [-0.39, 0.29) is 42.7 Å². The Hall–Kier alpha value is -1.59. The van der Waals surface area contributed by atoms with E-state index in [4.69, 9.17) is 4.74 Å². The van der Waals surface area contributed by atoms with E-state index >= 15 is 0 Å². The smallest absolute Gasteiger partial charge is 0.306 e. The molecule has 1 aliphatic heterocycles. The average molecular weight is 324 g/mol. The van der Waals surface area contributed by atoms with Crippen LogP contribution in [0.2, 0.25) is 0 Å². The van der Waals surface area contributed by atoms with Gasteiger partial charge in [0.2, 0.25) is 11.8 Å². The van der Waals surface area contributed by atoms with Crippen molar-refractivity contribution in [3.63, 3.8) is 0 Å². The molecule has 2 atom stereocenters. The molecule has 2 N–H and O–H groups in total. The lowest BCUT2D eigenvalue weighted by molar-refractivity contribution is -0.145. The molecule has 2 rings (SSSR count). The number of hydrogen-bond acceptors (Lipinski definition) is 4. The molecule has 1 saturated carbocycles. The summed E-state index contributed by atoms with van der Waals surface area (Å²) >= 11 is 0. The molecule has 23 heavy (non-hydrogen) atoms. The number of esters is 1. The largest absolute Gasteiger partial charge is 0.466 e. The second-order valence-corrected chi connectivity index (χ2v) is 7.47. The standard InChI is InChI=1S/C17H28N2O4/c1-4-23-15(22)10-17(2,3)9-14(21)18-12-7-8-13(20)19-16(12)11-5-6-11/h11-12,16H,4-10H2,1-3H3,(H,18,21)(H,19,20). The number of piperidine rings is 1. The monoisotopic (exact) mass is 324 g/mol. The van der Waals surface area contributed by atoms with Gasteiger partial charge in [-0.25, -0.2) is 0 Å². The Labute approximate surface area is 137 Å². The summed E-state index contributed by atoms with van der Waals surface area (Å²) in [7, 11) is 0. The summed E-state index contributed by atoms with van der Waals surface area (Å²) in [6.07, 6.45) is 3.88. The molecule has 0 aromatic carbocycles. The van der Waals surface area contributed by atoms with Gasteiger partial charge < -0.3 is 15.4 Å². The van der Waals surface area contributed by atoms with Crippen LogP contribution < -0.4 is 10.6 Å². The minimum absolute atomic E-state index is 0.00564. The van der Waals surface area contributed by atoms with E-state index in [1.807, 2.05) is 13.8 Å². The van der Waals surface area contributed by atoms with Gasteiger partial charge in [0, 0.05) is 18.9 Å².